The quantitative estimate of drug-likeness (QED) is 0.909. The highest BCUT2D eigenvalue weighted by Crippen LogP contribution is 2.37. The fourth-order valence-electron chi connectivity index (χ4n) is 3.69. The Hall–Kier alpha value is -1.04. The summed E-state index contributed by atoms with van der Waals surface area (Å²) in [6, 6.07) is 0.268. The molecule has 3 nitrogen and oxygen atoms in total. The third kappa shape index (κ3) is 3.42. The molecule has 1 aromatic heterocycles. The second kappa shape index (κ2) is 5.63. The number of halogens is 3. The smallest absolute Gasteiger partial charge is 0.333 e. The zero-order valence-electron chi connectivity index (χ0n) is 12.3. The van der Waals surface area contributed by atoms with Crippen molar-refractivity contribution < 1.29 is 13.2 Å². The molecule has 1 N–H and O–H groups in total. The van der Waals surface area contributed by atoms with E-state index in [1.54, 1.807) is 0 Å². The van der Waals surface area contributed by atoms with E-state index in [4.69, 9.17) is 0 Å². The van der Waals surface area contributed by atoms with Gasteiger partial charge < -0.3 is 9.88 Å². The molecule has 1 fully saturated rings. The number of rotatable bonds is 2. The number of imidazole rings is 1. The molecule has 6 heteroatoms. The molecule has 0 bridgehead atoms. The Morgan fingerprint density at radius 1 is 1.24 bits per heavy atom. The summed E-state index contributed by atoms with van der Waals surface area (Å²) in [5.74, 6) is -0.0271. The van der Waals surface area contributed by atoms with Crippen LogP contribution in [0.4, 0.5) is 13.2 Å². The molecule has 0 saturated heterocycles. The standard InChI is InChI=1S/C15H22F3N3/c1-10-8-21-9-13(5-6-14(21)19-10)20-12-4-2-3-11(7-12)15(16,17)18/h8,11-13,20H,2-7,9H2,1H3/t11-,12-,13+/m1/s1. The molecule has 1 aliphatic carbocycles. The Morgan fingerprint density at radius 3 is 2.81 bits per heavy atom. The molecule has 3 rings (SSSR count). The van der Waals surface area contributed by atoms with Gasteiger partial charge >= 0.3 is 6.18 Å². The van der Waals surface area contributed by atoms with Crippen LogP contribution in [0.5, 0.6) is 0 Å². The first-order chi connectivity index (χ1) is 9.91. The molecular weight excluding hydrogens is 279 g/mol. The van der Waals surface area contributed by atoms with Gasteiger partial charge in [-0.1, -0.05) is 6.42 Å². The number of nitrogens with one attached hydrogen (secondary N) is 1. The number of fused-ring (bicyclic) bond motifs is 1. The molecule has 2 aliphatic rings. The summed E-state index contributed by atoms with van der Waals surface area (Å²) in [6.07, 6.45) is 1.91. The molecule has 2 heterocycles. The average Bonchev–Trinajstić information content (AvgIpc) is 2.77. The van der Waals surface area contributed by atoms with Crippen molar-refractivity contribution in [3.05, 3.63) is 17.7 Å². The largest absolute Gasteiger partial charge is 0.391 e. The molecule has 3 atom stereocenters. The lowest BCUT2D eigenvalue weighted by Crippen LogP contribution is -2.46. The van der Waals surface area contributed by atoms with Gasteiger partial charge in [-0.15, -0.1) is 0 Å². The van der Waals surface area contributed by atoms with Gasteiger partial charge in [0.25, 0.3) is 0 Å². The summed E-state index contributed by atoms with van der Waals surface area (Å²) in [5, 5.41) is 3.46. The molecule has 1 aromatic rings. The van der Waals surface area contributed by atoms with Crippen molar-refractivity contribution in [2.24, 2.45) is 5.92 Å². The fraction of sp³-hybridized carbons (Fsp3) is 0.800. The Bertz CT molecular complexity index is 495. The van der Waals surface area contributed by atoms with Crippen molar-refractivity contribution in [3.63, 3.8) is 0 Å². The Kier molecular flexibility index (Phi) is 3.99. The van der Waals surface area contributed by atoms with E-state index in [0.717, 1.165) is 37.3 Å². The van der Waals surface area contributed by atoms with Crippen LogP contribution < -0.4 is 5.32 Å². The van der Waals surface area contributed by atoms with Gasteiger partial charge in [-0.05, 0) is 32.6 Å². The van der Waals surface area contributed by atoms with Crippen LogP contribution in [0, 0.1) is 12.8 Å². The highest BCUT2D eigenvalue weighted by atomic mass is 19.4. The van der Waals surface area contributed by atoms with E-state index >= 15 is 0 Å². The second-order valence-electron chi connectivity index (χ2n) is 6.46. The third-order valence-corrected chi connectivity index (χ3v) is 4.72. The first kappa shape index (κ1) is 14.9. The highest BCUT2D eigenvalue weighted by molar-refractivity contribution is 5.06. The number of hydrogen-bond donors (Lipinski definition) is 1. The van der Waals surface area contributed by atoms with Crippen LogP contribution in [0.15, 0.2) is 6.20 Å². The predicted octanol–water partition coefficient (Wildman–Crippen LogP) is 3.22. The summed E-state index contributed by atoms with van der Waals surface area (Å²) >= 11 is 0. The monoisotopic (exact) mass is 301 g/mol. The number of hydrogen-bond acceptors (Lipinski definition) is 2. The topological polar surface area (TPSA) is 29.9 Å². The van der Waals surface area contributed by atoms with E-state index in [1.807, 2.05) is 13.1 Å². The minimum absolute atomic E-state index is 0.00143. The van der Waals surface area contributed by atoms with Crippen molar-refractivity contribution >= 4 is 0 Å². The molecule has 0 spiro atoms. The van der Waals surface area contributed by atoms with Gasteiger partial charge in [-0.2, -0.15) is 13.2 Å². The first-order valence-electron chi connectivity index (χ1n) is 7.77. The van der Waals surface area contributed by atoms with Crippen LogP contribution >= 0.6 is 0 Å². The molecule has 0 radical (unpaired) electrons. The summed E-state index contributed by atoms with van der Waals surface area (Å²) in [5.41, 5.74) is 1.01. The van der Waals surface area contributed by atoms with E-state index in [9.17, 15) is 13.2 Å². The van der Waals surface area contributed by atoms with Gasteiger partial charge in [0.1, 0.15) is 5.82 Å². The minimum Gasteiger partial charge on any atom is -0.333 e. The Labute approximate surface area is 122 Å². The highest BCUT2D eigenvalue weighted by Gasteiger charge is 2.42. The minimum atomic E-state index is -4.04. The molecule has 21 heavy (non-hydrogen) atoms. The summed E-state index contributed by atoms with van der Waals surface area (Å²) in [7, 11) is 0. The maximum absolute atomic E-state index is 12.9. The van der Waals surface area contributed by atoms with Crippen molar-refractivity contribution in [3.8, 4) is 0 Å². The molecule has 1 aliphatic heterocycles. The molecule has 0 aromatic carbocycles. The normalized spacial score (nSPS) is 30.2. The van der Waals surface area contributed by atoms with Gasteiger partial charge in [-0.3, -0.25) is 0 Å². The zero-order valence-corrected chi connectivity index (χ0v) is 12.3. The molecule has 118 valence electrons. The molecular formula is C15H22F3N3. The third-order valence-electron chi connectivity index (χ3n) is 4.72. The van der Waals surface area contributed by atoms with Crippen molar-refractivity contribution in [2.45, 2.75) is 70.3 Å². The van der Waals surface area contributed by atoms with Crippen LogP contribution in [0.1, 0.15) is 43.6 Å². The van der Waals surface area contributed by atoms with Crippen molar-refractivity contribution in [1.29, 1.82) is 0 Å². The van der Waals surface area contributed by atoms with Crippen LogP contribution in [0.2, 0.25) is 0 Å². The van der Waals surface area contributed by atoms with Crippen molar-refractivity contribution in [2.75, 3.05) is 0 Å². The molecule has 1 saturated carbocycles. The van der Waals surface area contributed by atoms with Crippen LogP contribution in [0.3, 0.4) is 0 Å². The van der Waals surface area contributed by atoms with Crippen LogP contribution in [0.25, 0.3) is 0 Å². The van der Waals surface area contributed by atoms with E-state index in [0.29, 0.717) is 6.42 Å². The number of alkyl halides is 3. The SMILES string of the molecule is Cc1cn2c(n1)CC[C@H](N[C@@H]1CCC[C@@H](C(F)(F)F)C1)C2. The lowest BCUT2D eigenvalue weighted by molar-refractivity contribution is -0.183. The molecule has 0 amide bonds. The fourth-order valence-corrected chi connectivity index (χ4v) is 3.69. The zero-order chi connectivity index (χ0) is 15.0. The summed E-state index contributed by atoms with van der Waals surface area (Å²) < 4.78 is 40.7. The van der Waals surface area contributed by atoms with Gasteiger partial charge in [0.15, 0.2) is 0 Å². The number of aromatic nitrogens is 2. The van der Waals surface area contributed by atoms with E-state index < -0.39 is 12.1 Å². The molecule has 0 unspecified atom stereocenters. The summed E-state index contributed by atoms with van der Waals surface area (Å²) in [6.45, 7) is 2.80. The first-order valence-corrected chi connectivity index (χ1v) is 7.77. The van der Waals surface area contributed by atoms with Crippen LogP contribution in [-0.4, -0.2) is 27.8 Å². The van der Waals surface area contributed by atoms with E-state index in [-0.39, 0.29) is 24.9 Å². The maximum Gasteiger partial charge on any atom is 0.391 e. The van der Waals surface area contributed by atoms with Gasteiger partial charge in [-0.25, -0.2) is 4.98 Å². The van der Waals surface area contributed by atoms with Gasteiger partial charge in [0, 0.05) is 31.2 Å². The second-order valence-corrected chi connectivity index (χ2v) is 6.46. The Morgan fingerprint density at radius 2 is 2.05 bits per heavy atom. The predicted molar refractivity (Wildman–Crippen MR) is 74.0 cm³/mol. The summed E-state index contributed by atoms with van der Waals surface area (Å²) in [4.78, 5) is 4.46. The van der Waals surface area contributed by atoms with Crippen molar-refractivity contribution in [1.82, 2.24) is 14.9 Å². The lowest BCUT2D eigenvalue weighted by atomic mass is 9.84. The maximum atomic E-state index is 12.9. The lowest BCUT2D eigenvalue weighted by Gasteiger charge is -2.35. The van der Waals surface area contributed by atoms with E-state index in [2.05, 4.69) is 14.9 Å². The Balaban J connectivity index is 1.57. The number of nitrogens with zero attached hydrogens (tertiary/aromatic N) is 2. The average molecular weight is 301 g/mol. The number of aryl methyl sites for hydroxylation is 2. The van der Waals surface area contributed by atoms with Crippen LogP contribution in [-0.2, 0) is 13.0 Å². The van der Waals surface area contributed by atoms with Gasteiger partial charge in [0.2, 0.25) is 0 Å². The van der Waals surface area contributed by atoms with E-state index in [1.165, 1.54) is 0 Å². The van der Waals surface area contributed by atoms with Gasteiger partial charge in [0.05, 0.1) is 11.6 Å².